The van der Waals surface area contributed by atoms with Crippen molar-refractivity contribution >= 4 is 5.97 Å². The van der Waals surface area contributed by atoms with E-state index < -0.39 is 41.1 Å². The van der Waals surface area contributed by atoms with Crippen molar-refractivity contribution in [2.45, 2.75) is 12.6 Å². The largest absolute Gasteiger partial charge is 0.478 e. The molecule has 0 radical (unpaired) electrons. The standard InChI is InChI=1S/C9H3F5N2O2/c10-7(11)3-1-4(8(17)18)6(9(12,13)14)16-5(3)2-15/h1,7H,(H,17,18). The normalized spacial score (nSPS) is 11.4. The van der Waals surface area contributed by atoms with Crippen molar-refractivity contribution in [3.8, 4) is 6.07 Å². The molecule has 1 rings (SSSR count). The highest BCUT2D eigenvalue weighted by molar-refractivity contribution is 5.89. The lowest BCUT2D eigenvalue weighted by Gasteiger charge is -2.11. The minimum Gasteiger partial charge on any atom is -0.478 e. The van der Waals surface area contributed by atoms with Gasteiger partial charge in [0.2, 0.25) is 0 Å². The Morgan fingerprint density at radius 1 is 1.44 bits per heavy atom. The number of aromatic nitrogens is 1. The van der Waals surface area contributed by atoms with E-state index in [1.54, 1.807) is 0 Å². The van der Waals surface area contributed by atoms with Gasteiger partial charge in [-0.1, -0.05) is 0 Å². The maximum atomic E-state index is 12.4. The maximum absolute atomic E-state index is 12.4. The van der Waals surface area contributed by atoms with Gasteiger partial charge < -0.3 is 5.11 Å². The number of alkyl halides is 5. The summed E-state index contributed by atoms with van der Waals surface area (Å²) in [7, 11) is 0. The van der Waals surface area contributed by atoms with Crippen molar-refractivity contribution in [3.05, 3.63) is 28.6 Å². The second-order valence-electron chi connectivity index (χ2n) is 3.04. The molecule has 0 saturated carbocycles. The third kappa shape index (κ3) is 2.53. The summed E-state index contributed by atoms with van der Waals surface area (Å²) in [4.78, 5) is 13.2. The van der Waals surface area contributed by atoms with E-state index in [-0.39, 0.29) is 6.07 Å². The predicted molar refractivity (Wildman–Crippen MR) is 45.9 cm³/mol. The minimum absolute atomic E-state index is 0.112. The average molecular weight is 266 g/mol. The van der Waals surface area contributed by atoms with Crippen LogP contribution in [0.3, 0.4) is 0 Å². The first-order valence-corrected chi connectivity index (χ1v) is 4.22. The Balaban J connectivity index is 3.64. The molecule has 0 bridgehead atoms. The Kier molecular flexibility index (Phi) is 3.50. The summed E-state index contributed by atoms with van der Waals surface area (Å²) in [5.41, 5.74) is -5.60. The Hall–Kier alpha value is -2.24. The van der Waals surface area contributed by atoms with Crippen LogP contribution < -0.4 is 0 Å². The molecule has 0 amide bonds. The first-order chi connectivity index (χ1) is 8.18. The monoisotopic (exact) mass is 266 g/mol. The summed E-state index contributed by atoms with van der Waals surface area (Å²) < 4.78 is 62.1. The molecule has 0 spiro atoms. The first-order valence-electron chi connectivity index (χ1n) is 4.22. The topological polar surface area (TPSA) is 74.0 Å². The van der Waals surface area contributed by atoms with Crippen LogP contribution >= 0.6 is 0 Å². The maximum Gasteiger partial charge on any atom is 0.434 e. The van der Waals surface area contributed by atoms with Gasteiger partial charge in [0.05, 0.1) is 11.1 Å². The molecule has 0 aliphatic heterocycles. The number of halogens is 5. The van der Waals surface area contributed by atoms with Crippen LogP contribution in [0.25, 0.3) is 0 Å². The zero-order valence-electron chi connectivity index (χ0n) is 8.29. The van der Waals surface area contributed by atoms with E-state index in [9.17, 15) is 26.7 Å². The van der Waals surface area contributed by atoms with Crippen LogP contribution in [0.2, 0.25) is 0 Å². The van der Waals surface area contributed by atoms with E-state index in [2.05, 4.69) is 4.98 Å². The molecule has 18 heavy (non-hydrogen) atoms. The average Bonchev–Trinajstić information content (AvgIpc) is 2.25. The molecule has 1 heterocycles. The van der Waals surface area contributed by atoms with Crippen molar-refractivity contribution in [1.82, 2.24) is 4.98 Å². The third-order valence-electron chi connectivity index (χ3n) is 1.89. The second-order valence-corrected chi connectivity index (χ2v) is 3.04. The van der Waals surface area contributed by atoms with E-state index in [0.717, 1.165) is 6.07 Å². The summed E-state index contributed by atoms with van der Waals surface area (Å²) in [5, 5.41) is 17.0. The van der Waals surface area contributed by atoms with Gasteiger partial charge in [0.1, 0.15) is 11.8 Å². The van der Waals surface area contributed by atoms with Crippen LogP contribution in [-0.2, 0) is 6.18 Å². The van der Waals surface area contributed by atoms with Crippen molar-refractivity contribution in [1.29, 1.82) is 5.26 Å². The van der Waals surface area contributed by atoms with E-state index in [0.29, 0.717) is 0 Å². The number of carboxylic acid groups (broad SMARTS) is 1. The second kappa shape index (κ2) is 4.56. The number of hydrogen-bond donors (Lipinski definition) is 1. The number of rotatable bonds is 2. The highest BCUT2D eigenvalue weighted by Gasteiger charge is 2.39. The number of carboxylic acids is 1. The van der Waals surface area contributed by atoms with Gasteiger partial charge in [-0.3, -0.25) is 0 Å². The fourth-order valence-corrected chi connectivity index (χ4v) is 1.16. The van der Waals surface area contributed by atoms with Crippen LogP contribution in [0.4, 0.5) is 22.0 Å². The number of nitriles is 1. The van der Waals surface area contributed by atoms with Crippen LogP contribution in [0, 0.1) is 11.3 Å². The number of hydrogen-bond acceptors (Lipinski definition) is 3. The van der Waals surface area contributed by atoms with E-state index in [1.165, 1.54) is 0 Å². The molecule has 0 aliphatic carbocycles. The smallest absolute Gasteiger partial charge is 0.434 e. The molecular weight excluding hydrogens is 263 g/mol. The summed E-state index contributed by atoms with van der Waals surface area (Å²) in [6.45, 7) is 0. The number of pyridine rings is 1. The molecule has 4 nitrogen and oxygen atoms in total. The van der Waals surface area contributed by atoms with E-state index in [1.807, 2.05) is 0 Å². The molecule has 9 heteroatoms. The van der Waals surface area contributed by atoms with Crippen molar-refractivity contribution in [3.63, 3.8) is 0 Å². The lowest BCUT2D eigenvalue weighted by Crippen LogP contribution is -2.17. The molecular formula is C9H3F5N2O2. The Bertz CT molecular complexity index is 533. The van der Waals surface area contributed by atoms with Gasteiger partial charge >= 0.3 is 12.1 Å². The zero-order chi connectivity index (χ0) is 14.1. The van der Waals surface area contributed by atoms with Gasteiger partial charge in [-0.2, -0.15) is 18.4 Å². The fourth-order valence-electron chi connectivity index (χ4n) is 1.16. The Morgan fingerprint density at radius 2 is 2.00 bits per heavy atom. The molecule has 0 aliphatic rings. The van der Waals surface area contributed by atoms with Crippen molar-refractivity contribution in [2.75, 3.05) is 0 Å². The highest BCUT2D eigenvalue weighted by atomic mass is 19.4. The van der Waals surface area contributed by atoms with Gasteiger partial charge in [0, 0.05) is 0 Å². The quantitative estimate of drug-likeness (QED) is 0.835. The Morgan fingerprint density at radius 3 is 2.33 bits per heavy atom. The van der Waals surface area contributed by atoms with Gasteiger partial charge in [0.25, 0.3) is 6.43 Å². The van der Waals surface area contributed by atoms with Crippen molar-refractivity contribution < 1.29 is 31.9 Å². The molecule has 0 unspecified atom stereocenters. The summed E-state index contributed by atoms with van der Waals surface area (Å²) in [6, 6.07) is 1.18. The molecule has 1 aromatic rings. The fraction of sp³-hybridized carbons (Fsp3) is 0.222. The van der Waals surface area contributed by atoms with Gasteiger partial charge in [-0.25, -0.2) is 18.6 Å². The number of aromatic carboxylic acids is 1. The third-order valence-corrected chi connectivity index (χ3v) is 1.89. The van der Waals surface area contributed by atoms with Crippen LogP contribution in [-0.4, -0.2) is 16.1 Å². The SMILES string of the molecule is N#Cc1nc(C(F)(F)F)c(C(=O)O)cc1C(F)F. The molecule has 96 valence electrons. The lowest BCUT2D eigenvalue weighted by atomic mass is 10.1. The zero-order valence-corrected chi connectivity index (χ0v) is 8.29. The summed E-state index contributed by atoms with van der Waals surface area (Å²) in [5.74, 6) is -2.05. The molecule has 0 aromatic carbocycles. The number of nitrogens with zero attached hydrogens (tertiary/aromatic N) is 2. The highest BCUT2D eigenvalue weighted by Crippen LogP contribution is 2.33. The van der Waals surface area contributed by atoms with E-state index >= 15 is 0 Å². The molecule has 0 saturated heterocycles. The minimum atomic E-state index is -5.15. The molecule has 0 fully saturated rings. The van der Waals surface area contributed by atoms with Gasteiger partial charge in [-0.05, 0) is 6.07 Å². The Labute approximate surface area is 96.3 Å². The van der Waals surface area contributed by atoms with Gasteiger partial charge in [0.15, 0.2) is 5.69 Å². The summed E-state index contributed by atoms with van der Waals surface area (Å²) in [6.07, 6.45) is -8.45. The summed E-state index contributed by atoms with van der Waals surface area (Å²) >= 11 is 0. The van der Waals surface area contributed by atoms with Crippen molar-refractivity contribution in [2.24, 2.45) is 0 Å². The van der Waals surface area contributed by atoms with Crippen LogP contribution in [0.15, 0.2) is 6.07 Å². The molecule has 1 N–H and O–H groups in total. The molecule has 0 atom stereocenters. The lowest BCUT2D eigenvalue weighted by molar-refractivity contribution is -0.141. The molecule has 1 aromatic heterocycles. The van der Waals surface area contributed by atoms with Crippen LogP contribution in [0.5, 0.6) is 0 Å². The number of carbonyl (C=O) groups is 1. The van der Waals surface area contributed by atoms with Crippen LogP contribution in [0.1, 0.15) is 33.7 Å². The predicted octanol–water partition coefficient (Wildman–Crippen LogP) is 2.61. The van der Waals surface area contributed by atoms with E-state index in [4.69, 9.17) is 10.4 Å². The van der Waals surface area contributed by atoms with Gasteiger partial charge in [-0.15, -0.1) is 0 Å². The first kappa shape index (κ1) is 13.8.